The molecule has 1 rings (SSSR count). The van der Waals surface area contributed by atoms with Crippen molar-refractivity contribution in [1.29, 1.82) is 0 Å². The van der Waals surface area contributed by atoms with E-state index in [-0.39, 0.29) is 11.5 Å². The lowest BCUT2D eigenvalue weighted by Crippen LogP contribution is -2.48. The van der Waals surface area contributed by atoms with Crippen LogP contribution in [0.3, 0.4) is 0 Å². The van der Waals surface area contributed by atoms with Gasteiger partial charge in [-0.2, -0.15) is 0 Å². The van der Waals surface area contributed by atoms with Crippen molar-refractivity contribution < 1.29 is 9.53 Å². The Kier molecular flexibility index (Phi) is 4.07. The van der Waals surface area contributed by atoms with E-state index < -0.39 is 8.07 Å². The van der Waals surface area contributed by atoms with Crippen LogP contribution in [0.25, 0.3) is 0 Å². The molecule has 1 aromatic carbocycles. The molecule has 1 aromatic rings. The largest absolute Gasteiger partial charge is 0.469 e. The van der Waals surface area contributed by atoms with Crippen molar-refractivity contribution in [2.24, 2.45) is 0 Å². The lowest BCUT2D eigenvalue weighted by molar-refractivity contribution is -0.139. The van der Waals surface area contributed by atoms with Crippen molar-refractivity contribution in [3.8, 4) is 0 Å². The fourth-order valence-electron chi connectivity index (χ4n) is 1.86. The third-order valence-corrected chi connectivity index (χ3v) is 6.83. The number of carbonyl (C=O) groups excluding carboxylic acids is 1. The first kappa shape index (κ1) is 12.7. The summed E-state index contributed by atoms with van der Waals surface area (Å²) >= 11 is 0. The highest BCUT2D eigenvalue weighted by Gasteiger charge is 2.37. The third-order valence-electron chi connectivity index (χ3n) is 2.99. The van der Waals surface area contributed by atoms with Crippen molar-refractivity contribution in [1.82, 2.24) is 0 Å². The number of carbonyl (C=O) groups is 1. The van der Waals surface area contributed by atoms with Crippen molar-refractivity contribution >= 4 is 19.2 Å². The summed E-state index contributed by atoms with van der Waals surface area (Å²) < 4.78 is 4.84. The first-order valence-corrected chi connectivity index (χ1v) is 8.37. The molecule has 0 heterocycles. The van der Waals surface area contributed by atoms with Crippen molar-refractivity contribution in [3.63, 3.8) is 0 Å². The van der Waals surface area contributed by atoms with Crippen molar-refractivity contribution in [2.75, 3.05) is 7.11 Å². The minimum atomic E-state index is -1.89. The molecule has 3 heteroatoms. The van der Waals surface area contributed by atoms with Crippen LogP contribution >= 0.6 is 0 Å². The van der Waals surface area contributed by atoms with Crippen LogP contribution in [-0.4, -0.2) is 21.2 Å². The van der Waals surface area contributed by atoms with Gasteiger partial charge in [0.05, 0.1) is 12.7 Å². The molecule has 0 radical (unpaired) electrons. The molecule has 0 fully saturated rings. The minimum Gasteiger partial charge on any atom is -0.469 e. The number of rotatable bonds is 4. The van der Waals surface area contributed by atoms with Gasteiger partial charge in [-0.25, -0.2) is 0 Å². The molecule has 0 bridgehead atoms. The van der Waals surface area contributed by atoms with E-state index in [0.29, 0.717) is 0 Å². The van der Waals surface area contributed by atoms with Gasteiger partial charge in [0.2, 0.25) is 0 Å². The highest BCUT2D eigenvalue weighted by atomic mass is 28.3. The molecule has 0 aliphatic carbocycles. The highest BCUT2D eigenvalue weighted by Crippen LogP contribution is 2.24. The predicted molar refractivity (Wildman–Crippen MR) is 69.5 cm³/mol. The van der Waals surface area contributed by atoms with Crippen LogP contribution in [-0.2, 0) is 9.53 Å². The van der Waals surface area contributed by atoms with Gasteiger partial charge in [0.15, 0.2) is 0 Å². The van der Waals surface area contributed by atoms with Crippen LogP contribution in [0.2, 0.25) is 18.6 Å². The topological polar surface area (TPSA) is 26.3 Å². The van der Waals surface area contributed by atoms with Gasteiger partial charge in [-0.3, -0.25) is 4.79 Å². The van der Waals surface area contributed by atoms with Crippen LogP contribution in [0, 0.1) is 0 Å². The van der Waals surface area contributed by atoms with E-state index in [2.05, 4.69) is 31.8 Å². The van der Waals surface area contributed by atoms with Gasteiger partial charge < -0.3 is 4.74 Å². The summed E-state index contributed by atoms with van der Waals surface area (Å²) in [4.78, 5) is 11.7. The van der Waals surface area contributed by atoms with E-state index in [0.717, 1.165) is 0 Å². The Morgan fingerprint density at radius 3 is 2.38 bits per heavy atom. The molecule has 0 spiro atoms. The molecule has 0 saturated carbocycles. The van der Waals surface area contributed by atoms with Gasteiger partial charge in [-0.05, 0) is 0 Å². The standard InChI is InChI=1S/C13H18O2Si/c1-5-12(13(14)15-2)16(3,4)11-9-7-6-8-10-11/h5-10,12H,1H2,2-4H3. The summed E-state index contributed by atoms with van der Waals surface area (Å²) in [5.41, 5.74) is -0.195. The van der Waals surface area contributed by atoms with Crippen molar-refractivity contribution in [3.05, 3.63) is 43.0 Å². The van der Waals surface area contributed by atoms with Crippen LogP contribution in [0.1, 0.15) is 0 Å². The predicted octanol–water partition coefficient (Wildman–Crippen LogP) is 2.33. The van der Waals surface area contributed by atoms with Gasteiger partial charge in [0, 0.05) is 0 Å². The SMILES string of the molecule is C=CC(C(=O)OC)[Si](C)(C)c1ccccc1. The second-order valence-corrected chi connectivity index (χ2v) is 8.97. The molecule has 1 unspecified atom stereocenters. The van der Waals surface area contributed by atoms with E-state index in [9.17, 15) is 4.79 Å². The zero-order valence-electron chi connectivity index (χ0n) is 10.1. The highest BCUT2D eigenvalue weighted by molar-refractivity contribution is 6.93. The van der Waals surface area contributed by atoms with E-state index in [4.69, 9.17) is 4.74 Å². The van der Waals surface area contributed by atoms with Crippen LogP contribution < -0.4 is 5.19 Å². The van der Waals surface area contributed by atoms with Gasteiger partial charge in [0.25, 0.3) is 0 Å². The molecule has 0 saturated heterocycles. The number of benzene rings is 1. The zero-order chi connectivity index (χ0) is 12.2. The maximum Gasteiger partial charge on any atom is 0.310 e. The fourth-order valence-corrected chi connectivity index (χ4v) is 4.57. The Hall–Kier alpha value is -1.35. The lowest BCUT2D eigenvalue weighted by atomic mass is 10.4. The van der Waals surface area contributed by atoms with E-state index in [1.165, 1.54) is 12.3 Å². The Labute approximate surface area is 98.0 Å². The Morgan fingerprint density at radius 1 is 1.38 bits per heavy atom. The molecular formula is C13H18O2Si. The summed E-state index contributed by atoms with van der Waals surface area (Å²) in [6, 6.07) is 10.1. The monoisotopic (exact) mass is 234 g/mol. The third kappa shape index (κ3) is 2.42. The first-order chi connectivity index (χ1) is 7.54. The maximum atomic E-state index is 11.7. The normalized spacial score (nSPS) is 12.9. The molecule has 16 heavy (non-hydrogen) atoms. The number of methoxy groups -OCH3 is 1. The molecule has 0 aliphatic rings. The quantitative estimate of drug-likeness (QED) is 0.454. The summed E-state index contributed by atoms with van der Waals surface area (Å²) in [7, 11) is -0.461. The van der Waals surface area contributed by atoms with Crippen LogP contribution in [0.15, 0.2) is 43.0 Å². The second-order valence-electron chi connectivity index (χ2n) is 4.32. The van der Waals surface area contributed by atoms with Gasteiger partial charge in [-0.15, -0.1) is 6.58 Å². The number of ether oxygens (including phenoxy) is 1. The summed E-state index contributed by atoms with van der Waals surface area (Å²) in [6.45, 7) is 8.07. The van der Waals surface area contributed by atoms with E-state index in [1.54, 1.807) is 6.08 Å². The zero-order valence-corrected chi connectivity index (χ0v) is 11.1. The molecule has 1 atom stereocenters. The average Bonchev–Trinajstić information content (AvgIpc) is 2.30. The Balaban J connectivity index is 3.08. The minimum absolute atomic E-state index is 0.185. The summed E-state index contributed by atoms with van der Waals surface area (Å²) in [5, 5.41) is 1.24. The fraction of sp³-hybridized carbons (Fsp3) is 0.308. The Morgan fingerprint density at radius 2 is 1.94 bits per heavy atom. The summed E-state index contributed by atoms with van der Waals surface area (Å²) in [6.07, 6.45) is 1.71. The molecule has 86 valence electrons. The molecule has 0 aliphatic heterocycles. The first-order valence-electron chi connectivity index (χ1n) is 5.30. The van der Waals surface area contributed by atoms with Gasteiger partial charge >= 0.3 is 5.97 Å². The number of esters is 1. The van der Waals surface area contributed by atoms with E-state index in [1.807, 2.05) is 18.2 Å². The smallest absolute Gasteiger partial charge is 0.310 e. The molecule has 2 nitrogen and oxygen atoms in total. The van der Waals surface area contributed by atoms with Gasteiger partial charge in [0.1, 0.15) is 8.07 Å². The number of hydrogen-bond acceptors (Lipinski definition) is 2. The second kappa shape index (κ2) is 5.12. The van der Waals surface area contributed by atoms with Crippen LogP contribution in [0.4, 0.5) is 0 Å². The maximum absolute atomic E-state index is 11.7. The molecule has 0 N–H and O–H groups in total. The summed E-state index contributed by atoms with van der Waals surface area (Å²) in [5.74, 6) is -0.185. The van der Waals surface area contributed by atoms with E-state index >= 15 is 0 Å². The average molecular weight is 234 g/mol. The van der Waals surface area contributed by atoms with Crippen LogP contribution in [0.5, 0.6) is 0 Å². The molecule has 0 amide bonds. The van der Waals surface area contributed by atoms with Gasteiger partial charge in [-0.1, -0.05) is 54.7 Å². The number of hydrogen-bond donors (Lipinski definition) is 0. The lowest BCUT2D eigenvalue weighted by Gasteiger charge is -2.28. The molecule has 0 aromatic heterocycles. The van der Waals surface area contributed by atoms with Crippen molar-refractivity contribution in [2.45, 2.75) is 18.6 Å². The molecular weight excluding hydrogens is 216 g/mol. The Bertz CT molecular complexity index is 371.